The number of hydrogen-bond donors (Lipinski definition) is 1. The standard InChI is InChI=1S/C33H47N5O3/c1-4-7-22-37(23-8-5-2)31(39)27-15-18-29-30(25-27)38(24-12-21-36-19-10-9-11-20-36)33(35-29)34-28-16-13-26(14-17-28)32(40)41-6-3/h13-18,25H,4-12,19-24H2,1-3H3,(H,34,35). The number of rotatable bonds is 15. The summed E-state index contributed by atoms with van der Waals surface area (Å²) < 4.78 is 7.33. The zero-order chi connectivity index (χ0) is 29.0. The molecular formula is C33H47N5O3. The number of carbonyl (C=O) groups excluding carboxylic acids is 2. The van der Waals surface area contributed by atoms with E-state index < -0.39 is 0 Å². The highest BCUT2D eigenvalue weighted by molar-refractivity contribution is 5.98. The van der Waals surface area contributed by atoms with E-state index in [2.05, 4.69) is 28.6 Å². The van der Waals surface area contributed by atoms with Crippen LogP contribution in [0.15, 0.2) is 42.5 Å². The van der Waals surface area contributed by atoms with Crippen LogP contribution < -0.4 is 5.32 Å². The van der Waals surface area contributed by atoms with Gasteiger partial charge in [-0.05, 0) is 101 Å². The Kier molecular flexibility index (Phi) is 11.6. The first kappa shape index (κ1) is 30.6. The Morgan fingerprint density at radius 3 is 2.22 bits per heavy atom. The molecule has 1 saturated heterocycles. The molecule has 1 aliphatic rings. The molecule has 8 heteroatoms. The van der Waals surface area contributed by atoms with Gasteiger partial charge in [-0.25, -0.2) is 9.78 Å². The number of amides is 1. The molecule has 41 heavy (non-hydrogen) atoms. The van der Waals surface area contributed by atoms with Crippen molar-refractivity contribution in [1.29, 1.82) is 0 Å². The van der Waals surface area contributed by atoms with Crippen LogP contribution in [0.5, 0.6) is 0 Å². The molecule has 0 spiro atoms. The van der Waals surface area contributed by atoms with Crippen LogP contribution in [-0.4, -0.2) is 70.6 Å². The van der Waals surface area contributed by atoms with Crippen molar-refractivity contribution >= 4 is 34.5 Å². The Bertz CT molecular complexity index is 1260. The predicted octanol–water partition coefficient (Wildman–Crippen LogP) is 6.88. The number of fused-ring (bicyclic) bond motifs is 1. The Labute approximate surface area is 245 Å². The number of unbranched alkanes of at least 4 members (excludes halogenated alkanes) is 2. The lowest BCUT2D eigenvalue weighted by Crippen LogP contribution is -2.33. The number of aryl methyl sites for hydroxylation is 1. The minimum absolute atomic E-state index is 0.0962. The van der Waals surface area contributed by atoms with Crippen LogP contribution in [0, 0.1) is 0 Å². The summed E-state index contributed by atoms with van der Waals surface area (Å²) in [5, 5.41) is 3.47. The number of anilines is 2. The number of hydrogen-bond acceptors (Lipinski definition) is 6. The Hall–Kier alpha value is -3.39. The first-order valence-electron chi connectivity index (χ1n) is 15.6. The molecule has 1 fully saturated rings. The third kappa shape index (κ3) is 8.32. The number of carbonyl (C=O) groups is 2. The normalized spacial score (nSPS) is 13.8. The van der Waals surface area contributed by atoms with Crippen LogP contribution >= 0.6 is 0 Å². The molecule has 0 saturated carbocycles. The first-order valence-corrected chi connectivity index (χ1v) is 15.6. The molecule has 0 bridgehead atoms. The van der Waals surface area contributed by atoms with Gasteiger partial charge < -0.3 is 24.4 Å². The molecule has 1 aromatic heterocycles. The van der Waals surface area contributed by atoms with Crippen LogP contribution in [0.4, 0.5) is 11.6 Å². The summed E-state index contributed by atoms with van der Waals surface area (Å²) in [6, 6.07) is 13.2. The fourth-order valence-electron chi connectivity index (χ4n) is 5.44. The number of benzene rings is 2. The predicted molar refractivity (Wildman–Crippen MR) is 166 cm³/mol. The van der Waals surface area contributed by atoms with Gasteiger partial charge in [0.05, 0.1) is 23.2 Å². The second kappa shape index (κ2) is 15.6. The maximum absolute atomic E-state index is 13.6. The smallest absolute Gasteiger partial charge is 0.338 e. The zero-order valence-corrected chi connectivity index (χ0v) is 25.2. The molecule has 0 radical (unpaired) electrons. The van der Waals surface area contributed by atoms with E-state index in [9.17, 15) is 9.59 Å². The van der Waals surface area contributed by atoms with Gasteiger partial charge in [-0.2, -0.15) is 0 Å². The number of imidazole rings is 1. The maximum atomic E-state index is 13.6. The Balaban J connectivity index is 1.60. The molecule has 1 N–H and O–H groups in total. The molecule has 3 aromatic rings. The minimum atomic E-state index is -0.326. The van der Waals surface area contributed by atoms with E-state index in [0.717, 1.165) is 81.0 Å². The van der Waals surface area contributed by atoms with E-state index in [-0.39, 0.29) is 11.9 Å². The van der Waals surface area contributed by atoms with Crippen molar-refractivity contribution in [2.75, 3.05) is 44.6 Å². The SMILES string of the molecule is CCCCN(CCCC)C(=O)c1ccc2nc(Nc3ccc(C(=O)OCC)cc3)n(CCCN3CCCCC3)c2c1. The summed E-state index contributed by atoms with van der Waals surface area (Å²) >= 11 is 0. The van der Waals surface area contributed by atoms with Gasteiger partial charge in [-0.15, -0.1) is 0 Å². The van der Waals surface area contributed by atoms with Crippen molar-refractivity contribution in [2.24, 2.45) is 0 Å². The van der Waals surface area contributed by atoms with Gasteiger partial charge in [-0.1, -0.05) is 33.1 Å². The third-order valence-corrected chi connectivity index (χ3v) is 7.80. The number of aromatic nitrogens is 2. The summed E-state index contributed by atoms with van der Waals surface area (Å²) in [5.41, 5.74) is 3.90. The molecule has 8 nitrogen and oxygen atoms in total. The number of likely N-dealkylation sites (tertiary alicyclic amines) is 1. The molecule has 0 unspecified atom stereocenters. The van der Waals surface area contributed by atoms with Gasteiger partial charge in [-0.3, -0.25) is 4.79 Å². The topological polar surface area (TPSA) is 79.7 Å². The summed E-state index contributed by atoms with van der Waals surface area (Å²) in [6.45, 7) is 12.2. The van der Waals surface area contributed by atoms with Crippen molar-refractivity contribution in [2.45, 2.75) is 78.7 Å². The highest BCUT2D eigenvalue weighted by Gasteiger charge is 2.19. The van der Waals surface area contributed by atoms with Gasteiger partial charge in [0.1, 0.15) is 0 Å². The molecule has 0 atom stereocenters. The summed E-state index contributed by atoms with van der Waals surface area (Å²) in [7, 11) is 0. The van der Waals surface area contributed by atoms with Gasteiger partial charge in [0.2, 0.25) is 5.95 Å². The van der Waals surface area contributed by atoms with E-state index in [4.69, 9.17) is 9.72 Å². The summed E-state index contributed by atoms with van der Waals surface area (Å²) in [4.78, 5) is 35.2. The molecular weight excluding hydrogens is 514 g/mol. The lowest BCUT2D eigenvalue weighted by Gasteiger charge is -2.26. The zero-order valence-electron chi connectivity index (χ0n) is 25.2. The van der Waals surface area contributed by atoms with Crippen molar-refractivity contribution in [3.63, 3.8) is 0 Å². The molecule has 4 rings (SSSR count). The van der Waals surface area contributed by atoms with Crippen LogP contribution in [-0.2, 0) is 11.3 Å². The Morgan fingerprint density at radius 2 is 1.56 bits per heavy atom. The largest absolute Gasteiger partial charge is 0.462 e. The number of nitrogens with one attached hydrogen (secondary N) is 1. The van der Waals surface area contributed by atoms with Crippen molar-refractivity contribution in [1.82, 2.24) is 19.4 Å². The molecule has 2 heterocycles. The number of piperidine rings is 1. The average molecular weight is 562 g/mol. The van der Waals surface area contributed by atoms with E-state index in [0.29, 0.717) is 17.7 Å². The summed E-state index contributed by atoms with van der Waals surface area (Å²) in [6.07, 6.45) is 9.03. The summed E-state index contributed by atoms with van der Waals surface area (Å²) in [5.74, 6) is 0.507. The second-order valence-corrected chi connectivity index (χ2v) is 11.0. The number of ether oxygens (including phenoxy) is 1. The first-order chi connectivity index (χ1) is 20.0. The molecule has 1 aliphatic heterocycles. The lowest BCUT2D eigenvalue weighted by molar-refractivity contribution is 0.0526. The number of esters is 1. The van der Waals surface area contributed by atoms with Crippen LogP contribution in [0.1, 0.15) is 92.9 Å². The molecule has 0 aliphatic carbocycles. The van der Waals surface area contributed by atoms with Crippen molar-refractivity contribution < 1.29 is 14.3 Å². The fourth-order valence-corrected chi connectivity index (χ4v) is 5.44. The van der Waals surface area contributed by atoms with E-state index >= 15 is 0 Å². The minimum Gasteiger partial charge on any atom is -0.462 e. The van der Waals surface area contributed by atoms with Crippen LogP contribution in [0.3, 0.4) is 0 Å². The molecule has 2 aromatic carbocycles. The van der Waals surface area contributed by atoms with Crippen molar-refractivity contribution in [3.8, 4) is 0 Å². The average Bonchev–Trinajstić information content (AvgIpc) is 3.34. The highest BCUT2D eigenvalue weighted by Crippen LogP contribution is 2.26. The van der Waals surface area contributed by atoms with Crippen LogP contribution in [0.2, 0.25) is 0 Å². The van der Waals surface area contributed by atoms with E-state index in [1.165, 1.54) is 32.4 Å². The van der Waals surface area contributed by atoms with Gasteiger partial charge in [0.15, 0.2) is 0 Å². The number of nitrogens with zero attached hydrogens (tertiary/aromatic N) is 4. The van der Waals surface area contributed by atoms with E-state index in [1.54, 1.807) is 19.1 Å². The molecule has 1 amide bonds. The van der Waals surface area contributed by atoms with Crippen molar-refractivity contribution in [3.05, 3.63) is 53.6 Å². The van der Waals surface area contributed by atoms with Gasteiger partial charge in [0, 0.05) is 30.9 Å². The van der Waals surface area contributed by atoms with Gasteiger partial charge >= 0.3 is 5.97 Å². The van der Waals surface area contributed by atoms with E-state index in [1.807, 2.05) is 35.2 Å². The van der Waals surface area contributed by atoms with Crippen LogP contribution in [0.25, 0.3) is 11.0 Å². The highest BCUT2D eigenvalue weighted by atomic mass is 16.5. The van der Waals surface area contributed by atoms with Gasteiger partial charge in [0.25, 0.3) is 5.91 Å². The Morgan fingerprint density at radius 1 is 0.878 bits per heavy atom. The quantitative estimate of drug-likeness (QED) is 0.204. The molecule has 222 valence electrons. The third-order valence-electron chi connectivity index (χ3n) is 7.80. The fraction of sp³-hybridized carbons (Fsp3) is 0.545. The monoisotopic (exact) mass is 561 g/mol. The second-order valence-electron chi connectivity index (χ2n) is 11.0. The maximum Gasteiger partial charge on any atom is 0.338 e. The lowest BCUT2D eigenvalue weighted by atomic mass is 10.1.